The Morgan fingerprint density at radius 2 is 1.69 bits per heavy atom. The van der Waals surface area contributed by atoms with E-state index in [0.717, 1.165) is 49.4 Å². The van der Waals surface area contributed by atoms with Crippen molar-refractivity contribution in [3.63, 3.8) is 0 Å². The van der Waals surface area contributed by atoms with Crippen molar-refractivity contribution in [2.45, 2.75) is 44.6 Å². The van der Waals surface area contributed by atoms with Crippen molar-refractivity contribution in [3.05, 3.63) is 28.8 Å². The van der Waals surface area contributed by atoms with Crippen LogP contribution in [0.5, 0.6) is 0 Å². The van der Waals surface area contributed by atoms with Crippen LogP contribution in [-0.2, 0) is 14.8 Å². The second-order valence-electron chi connectivity index (χ2n) is 8.44. The molecule has 29 heavy (non-hydrogen) atoms. The van der Waals surface area contributed by atoms with Crippen LogP contribution in [0.2, 0.25) is 0 Å². The smallest absolute Gasteiger partial charge is 0.244 e. The number of hydrogen-bond donors (Lipinski definition) is 1. The molecule has 0 radical (unpaired) electrons. The molecular weight excluding hydrogens is 388 g/mol. The summed E-state index contributed by atoms with van der Waals surface area (Å²) >= 11 is 0. The fourth-order valence-corrected chi connectivity index (χ4v) is 6.58. The van der Waals surface area contributed by atoms with Gasteiger partial charge in [-0.25, -0.2) is 8.42 Å². The van der Waals surface area contributed by atoms with Gasteiger partial charge in [-0.05, 0) is 51.8 Å². The summed E-state index contributed by atoms with van der Waals surface area (Å²) in [5.41, 5.74) is 2.52. The van der Waals surface area contributed by atoms with Crippen LogP contribution in [0.1, 0.15) is 29.5 Å². The topological polar surface area (TPSA) is 73.0 Å². The molecular formula is C21H34N4O3S. The molecule has 0 bridgehead atoms. The maximum Gasteiger partial charge on any atom is 0.244 e. The summed E-state index contributed by atoms with van der Waals surface area (Å²) in [4.78, 5) is 17.8. The first-order chi connectivity index (χ1) is 13.7. The molecule has 2 saturated heterocycles. The van der Waals surface area contributed by atoms with E-state index in [1.165, 1.54) is 4.31 Å². The van der Waals surface area contributed by atoms with Crippen LogP contribution in [0.25, 0.3) is 0 Å². The fourth-order valence-electron chi connectivity index (χ4n) is 4.51. The van der Waals surface area contributed by atoms with Crippen molar-refractivity contribution in [2.75, 3.05) is 52.9 Å². The number of carbonyl (C=O) groups is 1. The zero-order valence-corrected chi connectivity index (χ0v) is 18.9. The molecule has 0 aliphatic carbocycles. The molecule has 0 spiro atoms. The van der Waals surface area contributed by atoms with E-state index in [9.17, 15) is 13.2 Å². The summed E-state index contributed by atoms with van der Waals surface area (Å²) in [6, 6.07) is 3.16. The van der Waals surface area contributed by atoms with Gasteiger partial charge in [0.25, 0.3) is 0 Å². The Hall–Kier alpha value is -1.48. The minimum Gasteiger partial charge on any atom is -0.353 e. The Balaban J connectivity index is 1.65. The normalized spacial score (nSPS) is 22.1. The molecule has 2 heterocycles. The predicted molar refractivity (Wildman–Crippen MR) is 115 cm³/mol. The fraction of sp³-hybridized carbons (Fsp3) is 0.667. The van der Waals surface area contributed by atoms with Gasteiger partial charge in [-0.2, -0.15) is 4.31 Å². The van der Waals surface area contributed by atoms with E-state index in [4.69, 9.17) is 0 Å². The molecule has 2 aliphatic rings. The summed E-state index contributed by atoms with van der Waals surface area (Å²) in [6.45, 7) is 11.4. The molecule has 0 aromatic heterocycles. The van der Waals surface area contributed by atoms with Gasteiger partial charge >= 0.3 is 0 Å². The monoisotopic (exact) mass is 422 g/mol. The third kappa shape index (κ3) is 4.99. The zero-order chi connectivity index (χ0) is 21.2. The molecule has 1 aromatic rings. The van der Waals surface area contributed by atoms with Crippen molar-refractivity contribution in [3.8, 4) is 0 Å². The minimum absolute atomic E-state index is 0.178. The lowest BCUT2D eigenvalue weighted by atomic mass is 10.1. The predicted octanol–water partition coefficient (Wildman–Crippen LogP) is 1.13. The highest BCUT2D eigenvalue weighted by atomic mass is 32.2. The zero-order valence-electron chi connectivity index (χ0n) is 18.1. The number of nitrogens with one attached hydrogen (secondary N) is 1. The Kier molecular flexibility index (Phi) is 6.98. The van der Waals surface area contributed by atoms with Gasteiger partial charge in [-0.1, -0.05) is 17.7 Å². The van der Waals surface area contributed by atoms with Gasteiger partial charge in [-0.3, -0.25) is 9.69 Å². The van der Waals surface area contributed by atoms with Crippen molar-refractivity contribution in [2.24, 2.45) is 0 Å². The number of likely N-dealkylation sites (N-methyl/N-ethyl adjacent to an activating group) is 1. The number of benzene rings is 1. The first kappa shape index (κ1) is 22.2. The molecule has 1 N–H and O–H groups in total. The summed E-state index contributed by atoms with van der Waals surface area (Å²) < 4.78 is 28.2. The average molecular weight is 423 g/mol. The van der Waals surface area contributed by atoms with Crippen LogP contribution in [0, 0.1) is 20.8 Å². The molecule has 8 heteroatoms. The van der Waals surface area contributed by atoms with Gasteiger partial charge in [0, 0.05) is 45.8 Å². The van der Waals surface area contributed by atoms with Gasteiger partial charge in [0.15, 0.2) is 0 Å². The van der Waals surface area contributed by atoms with Gasteiger partial charge in [0.05, 0.1) is 4.90 Å². The molecule has 7 nitrogen and oxygen atoms in total. The molecule has 2 fully saturated rings. The molecule has 162 valence electrons. The molecule has 0 saturated carbocycles. The maximum atomic E-state index is 13.4. The summed E-state index contributed by atoms with van der Waals surface area (Å²) in [5.74, 6) is -0.178. The Morgan fingerprint density at radius 1 is 1.07 bits per heavy atom. The Labute approximate surface area is 175 Å². The Morgan fingerprint density at radius 3 is 2.31 bits per heavy atom. The quantitative estimate of drug-likeness (QED) is 0.744. The number of aryl methyl sites for hydroxylation is 3. The van der Waals surface area contributed by atoms with E-state index in [1.54, 1.807) is 0 Å². The minimum atomic E-state index is -3.71. The molecule has 1 amide bonds. The van der Waals surface area contributed by atoms with Crippen LogP contribution in [0.4, 0.5) is 0 Å². The third-order valence-corrected chi connectivity index (χ3v) is 8.22. The summed E-state index contributed by atoms with van der Waals surface area (Å²) in [5, 5.41) is 2.97. The number of sulfonamides is 1. The molecule has 3 rings (SSSR count). The van der Waals surface area contributed by atoms with E-state index >= 15 is 0 Å². The second-order valence-corrected chi connectivity index (χ2v) is 10.3. The molecule has 2 aliphatic heterocycles. The van der Waals surface area contributed by atoms with E-state index in [2.05, 4.69) is 22.2 Å². The number of nitrogens with zero attached hydrogens (tertiary/aromatic N) is 3. The third-order valence-electron chi connectivity index (χ3n) is 6.00. The number of rotatable bonds is 6. The van der Waals surface area contributed by atoms with Gasteiger partial charge < -0.3 is 10.2 Å². The SMILES string of the molecule is Cc1cc(C)c(S(=O)(=O)N2CCCC2C(=O)NCCN2CCN(C)CC2)c(C)c1. The number of piperazine rings is 1. The van der Waals surface area contributed by atoms with Gasteiger partial charge in [0.2, 0.25) is 15.9 Å². The van der Waals surface area contributed by atoms with Crippen LogP contribution >= 0.6 is 0 Å². The number of amides is 1. The van der Waals surface area contributed by atoms with Gasteiger partial charge in [0.1, 0.15) is 6.04 Å². The van der Waals surface area contributed by atoms with E-state index in [1.807, 2.05) is 32.9 Å². The van der Waals surface area contributed by atoms with Crippen LogP contribution in [0.3, 0.4) is 0 Å². The van der Waals surface area contributed by atoms with Crippen LogP contribution in [0.15, 0.2) is 17.0 Å². The summed E-state index contributed by atoms with van der Waals surface area (Å²) in [7, 11) is -1.59. The molecule has 1 unspecified atom stereocenters. The lowest BCUT2D eigenvalue weighted by Gasteiger charge is -2.32. The molecule has 1 atom stereocenters. The first-order valence-corrected chi connectivity index (χ1v) is 11.9. The second kappa shape index (κ2) is 9.12. The first-order valence-electron chi connectivity index (χ1n) is 10.5. The summed E-state index contributed by atoms with van der Waals surface area (Å²) in [6.07, 6.45) is 1.28. The largest absolute Gasteiger partial charge is 0.353 e. The lowest BCUT2D eigenvalue weighted by Crippen LogP contribution is -2.49. The highest BCUT2D eigenvalue weighted by Gasteiger charge is 2.40. The maximum absolute atomic E-state index is 13.4. The van der Waals surface area contributed by atoms with Crippen molar-refractivity contribution >= 4 is 15.9 Å². The number of hydrogen-bond acceptors (Lipinski definition) is 5. The Bertz CT molecular complexity index is 824. The van der Waals surface area contributed by atoms with Crippen molar-refractivity contribution < 1.29 is 13.2 Å². The average Bonchev–Trinajstić information content (AvgIpc) is 3.13. The van der Waals surface area contributed by atoms with Crippen LogP contribution < -0.4 is 5.32 Å². The van der Waals surface area contributed by atoms with Gasteiger partial charge in [-0.15, -0.1) is 0 Å². The van der Waals surface area contributed by atoms with Crippen LogP contribution in [-0.4, -0.2) is 87.3 Å². The van der Waals surface area contributed by atoms with Crippen molar-refractivity contribution in [1.82, 2.24) is 19.4 Å². The standard InChI is InChI=1S/C21H34N4O3S/c1-16-14-17(2)20(18(3)15-16)29(27,28)25-8-5-6-19(25)21(26)22-7-9-24-12-10-23(4)11-13-24/h14-15,19H,5-13H2,1-4H3,(H,22,26). The molecule has 1 aromatic carbocycles. The van der Waals surface area contributed by atoms with E-state index in [0.29, 0.717) is 30.8 Å². The number of carbonyl (C=O) groups excluding carboxylic acids is 1. The van der Waals surface area contributed by atoms with Crippen molar-refractivity contribution in [1.29, 1.82) is 0 Å². The highest BCUT2D eigenvalue weighted by Crippen LogP contribution is 2.30. The lowest BCUT2D eigenvalue weighted by molar-refractivity contribution is -0.124. The van der Waals surface area contributed by atoms with E-state index in [-0.39, 0.29) is 5.91 Å². The highest BCUT2D eigenvalue weighted by molar-refractivity contribution is 7.89. The van der Waals surface area contributed by atoms with E-state index < -0.39 is 16.1 Å².